The Bertz CT molecular complexity index is 424. The van der Waals surface area contributed by atoms with Gasteiger partial charge in [-0.15, -0.1) is 0 Å². The molecule has 1 rings (SSSR count). The summed E-state index contributed by atoms with van der Waals surface area (Å²) >= 11 is 0. The van der Waals surface area contributed by atoms with Crippen molar-refractivity contribution in [2.24, 2.45) is 7.05 Å². The second-order valence-electron chi connectivity index (χ2n) is 5.31. The summed E-state index contributed by atoms with van der Waals surface area (Å²) in [4.78, 5) is 14.5. The van der Waals surface area contributed by atoms with E-state index in [0.29, 0.717) is 11.4 Å². The zero-order valence-corrected chi connectivity index (χ0v) is 13.1. The Morgan fingerprint density at radius 2 is 2.10 bits per heavy atom. The second kappa shape index (κ2) is 7.94. The summed E-state index contributed by atoms with van der Waals surface area (Å²) in [7, 11) is 1.83. The molecule has 5 nitrogen and oxygen atoms in total. The number of amides is 1. The topological polar surface area (TPSA) is 63.3 Å². The fourth-order valence-corrected chi connectivity index (χ4v) is 2.35. The number of nitrogen functional groups attached to an aromatic ring is 1. The predicted octanol–water partition coefficient (Wildman–Crippen LogP) is 1.85. The van der Waals surface area contributed by atoms with Gasteiger partial charge in [0.15, 0.2) is 0 Å². The first-order valence-corrected chi connectivity index (χ1v) is 7.43. The number of carbonyl (C=O) groups is 1. The van der Waals surface area contributed by atoms with Crippen molar-refractivity contribution in [1.29, 1.82) is 0 Å². The molecule has 1 aromatic rings. The monoisotopic (exact) mass is 280 g/mol. The van der Waals surface area contributed by atoms with Crippen molar-refractivity contribution in [3.8, 4) is 0 Å². The number of carbonyl (C=O) groups excluding carboxylic acids is 1. The van der Waals surface area contributed by atoms with E-state index in [-0.39, 0.29) is 11.9 Å². The number of hydrogen-bond acceptors (Lipinski definition) is 3. The van der Waals surface area contributed by atoms with E-state index in [2.05, 4.69) is 24.1 Å². The molecule has 0 saturated carbocycles. The number of hydrogen-bond donors (Lipinski definition) is 2. The molecule has 1 aromatic heterocycles. The smallest absolute Gasteiger partial charge is 0.268 e. The quantitative estimate of drug-likeness (QED) is 0.764. The van der Waals surface area contributed by atoms with Gasteiger partial charge < -0.3 is 20.5 Å². The van der Waals surface area contributed by atoms with Crippen LogP contribution in [-0.2, 0) is 7.05 Å². The SMILES string of the molecule is CCN(CC)CCCC(C)NC(=O)c1cc(N)cn1C. The maximum atomic E-state index is 12.1. The Morgan fingerprint density at radius 3 is 2.60 bits per heavy atom. The Balaban J connectivity index is 2.37. The number of aromatic nitrogens is 1. The summed E-state index contributed by atoms with van der Waals surface area (Å²) in [5.41, 5.74) is 6.91. The Labute approximate surface area is 122 Å². The van der Waals surface area contributed by atoms with E-state index < -0.39 is 0 Å². The van der Waals surface area contributed by atoms with Crippen molar-refractivity contribution in [3.05, 3.63) is 18.0 Å². The third-order valence-electron chi connectivity index (χ3n) is 3.64. The molecule has 0 aromatic carbocycles. The minimum atomic E-state index is -0.0560. The van der Waals surface area contributed by atoms with E-state index in [1.807, 2.05) is 14.0 Å². The molecule has 0 aliphatic heterocycles. The second-order valence-corrected chi connectivity index (χ2v) is 5.31. The molecule has 20 heavy (non-hydrogen) atoms. The fourth-order valence-electron chi connectivity index (χ4n) is 2.35. The van der Waals surface area contributed by atoms with E-state index >= 15 is 0 Å². The summed E-state index contributed by atoms with van der Waals surface area (Å²) < 4.78 is 1.76. The van der Waals surface area contributed by atoms with Gasteiger partial charge >= 0.3 is 0 Å². The van der Waals surface area contributed by atoms with Crippen molar-refractivity contribution in [2.45, 2.75) is 39.7 Å². The summed E-state index contributed by atoms with van der Waals surface area (Å²) in [5, 5.41) is 3.03. The molecule has 0 spiro atoms. The number of rotatable bonds is 8. The lowest BCUT2D eigenvalue weighted by atomic mass is 10.1. The predicted molar refractivity (Wildman–Crippen MR) is 83.8 cm³/mol. The van der Waals surface area contributed by atoms with Crippen LogP contribution in [0.4, 0.5) is 5.69 Å². The minimum absolute atomic E-state index is 0.0560. The highest BCUT2D eigenvalue weighted by molar-refractivity contribution is 5.93. The average molecular weight is 280 g/mol. The molecule has 0 aliphatic carbocycles. The molecule has 0 bridgehead atoms. The molecule has 1 unspecified atom stereocenters. The molecule has 3 N–H and O–H groups in total. The van der Waals surface area contributed by atoms with Gasteiger partial charge in [0.2, 0.25) is 0 Å². The number of anilines is 1. The van der Waals surface area contributed by atoms with Crippen molar-refractivity contribution in [2.75, 3.05) is 25.4 Å². The third kappa shape index (κ3) is 4.89. The molecule has 5 heteroatoms. The first-order valence-electron chi connectivity index (χ1n) is 7.43. The number of nitrogens with two attached hydrogens (primary N) is 1. The molecular weight excluding hydrogens is 252 g/mol. The van der Waals surface area contributed by atoms with Crippen molar-refractivity contribution < 1.29 is 4.79 Å². The summed E-state index contributed by atoms with van der Waals surface area (Å²) in [6, 6.07) is 1.88. The first kappa shape index (κ1) is 16.6. The van der Waals surface area contributed by atoms with Crippen LogP contribution in [0.25, 0.3) is 0 Å². The van der Waals surface area contributed by atoms with Crippen molar-refractivity contribution >= 4 is 11.6 Å². The normalized spacial score (nSPS) is 12.7. The molecule has 1 atom stereocenters. The maximum absolute atomic E-state index is 12.1. The molecule has 0 fully saturated rings. The first-order chi connectivity index (χ1) is 9.47. The lowest BCUT2D eigenvalue weighted by Crippen LogP contribution is -2.34. The fraction of sp³-hybridized carbons (Fsp3) is 0.667. The number of nitrogens with zero attached hydrogens (tertiary/aromatic N) is 2. The van der Waals surface area contributed by atoms with Crippen molar-refractivity contribution in [1.82, 2.24) is 14.8 Å². The highest BCUT2D eigenvalue weighted by Crippen LogP contribution is 2.09. The van der Waals surface area contributed by atoms with Gasteiger partial charge in [-0.3, -0.25) is 4.79 Å². The van der Waals surface area contributed by atoms with Gasteiger partial charge in [0.25, 0.3) is 5.91 Å². The molecule has 1 heterocycles. The number of nitrogens with one attached hydrogen (secondary N) is 1. The Kier molecular flexibility index (Phi) is 6.58. The van der Waals surface area contributed by atoms with E-state index in [1.165, 1.54) is 0 Å². The van der Waals surface area contributed by atoms with Gasteiger partial charge in [-0.2, -0.15) is 0 Å². The van der Waals surface area contributed by atoms with Gasteiger partial charge in [0.1, 0.15) is 5.69 Å². The van der Waals surface area contributed by atoms with E-state index in [1.54, 1.807) is 16.8 Å². The van der Waals surface area contributed by atoms with Gasteiger partial charge in [0.05, 0.1) is 5.69 Å². The Hall–Kier alpha value is -1.49. The Morgan fingerprint density at radius 1 is 1.45 bits per heavy atom. The van der Waals surface area contributed by atoms with Crippen LogP contribution in [0, 0.1) is 0 Å². The lowest BCUT2D eigenvalue weighted by molar-refractivity contribution is 0.0929. The standard InChI is InChI=1S/C15H28N4O/c1-5-19(6-2)9-7-8-12(3)17-15(20)14-10-13(16)11-18(14)4/h10-12H,5-9,16H2,1-4H3,(H,17,20). The maximum Gasteiger partial charge on any atom is 0.268 e. The van der Waals surface area contributed by atoms with Crippen LogP contribution in [0.1, 0.15) is 44.1 Å². The highest BCUT2D eigenvalue weighted by Gasteiger charge is 2.13. The van der Waals surface area contributed by atoms with Gasteiger partial charge in [0, 0.05) is 19.3 Å². The van der Waals surface area contributed by atoms with E-state index in [4.69, 9.17) is 5.73 Å². The zero-order chi connectivity index (χ0) is 15.1. The van der Waals surface area contributed by atoms with Crippen molar-refractivity contribution in [3.63, 3.8) is 0 Å². The number of aryl methyl sites for hydroxylation is 1. The molecule has 0 radical (unpaired) electrons. The zero-order valence-electron chi connectivity index (χ0n) is 13.1. The molecule has 0 saturated heterocycles. The minimum Gasteiger partial charge on any atom is -0.397 e. The average Bonchev–Trinajstić information content (AvgIpc) is 2.74. The van der Waals surface area contributed by atoms with Crippen LogP contribution in [0.5, 0.6) is 0 Å². The highest BCUT2D eigenvalue weighted by atomic mass is 16.2. The van der Waals surface area contributed by atoms with Gasteiger partial charge in [-0.05, 0) is 45.5 Å². The van der Waals surface area contributed by atoms with Gasteiger partial charge in [-0.25, -0.2) is 0 Å². The molecule has 0 aliphatic rings. The van der Waals surface area contributed by atoms with Crippen LogP contribution in [0.2, 0.25) is 0 Å². The molecule has 1 amide bonds. The summed E-state index contributed by atoms with van der Waals surface area (Å²) in [6.07, 6.45) is 3.83. The summed E-state index contributed by atoms with van der Waals surface area (Å²) in [6.45, 7) is 9.65. The lowest BCUT2D eigenvalue weighted by Gasteiger charge is -2.19. The molecular formula is C15H28N4O. The van der Waals surface area contributed by atoms with Crippen LogP contribution in [-0.4, -0.2) is 41.1 Å². The van der Waals surface area contributed by atoms with Gasteiger partial charge in [-0.1, -0.05) is 13.8 Å². The van der Waals surface area contributed by atoms with Crippen LogP contribution in [0.3, 0.4) is 0 Å². The molecule has 114 valence electrons. The van der Waals surface area contributed by atoms with Crippen LogP contribution < -0.4 is 11.1 Å². The van der Waals surface area contributed by atoms with E-state index in [9.17, 15) is 4.79 Å². The third-order valence-corrected chi connectivity index (χ3v) is 3.64. The van der Waals surface area contributed by atoms with Crippen LogP contribution >= 0.6 is 0 Å². The van der Waals surface area contributed by atoms with E-state index in [0.717, 1.165) is 32.5 Å². The summed E-state index contributed by atoms with van der Waals surface area (Å²) in [5.74, 6) is -0.0560. The van der Waals surface area contributed by atoms with Crippen LogP contribution in [0.15, 0.2) is 12.3 Å². The largest absolute Gasteiger partial charge is 0.397 e.